The van der Waals surface area contributed by atoms with Gasteiger partial charge in [0.15, 0.2) is 0 Å². The van der Waals surface area contributed by atoms with Crippen LogP contribution in [0.2, 0.25) is 0 Å². The number of aryl methyl sites for hydroxylation is 2. The Hall–Kier alpha value is -2.09. The minimum atomic E-state index is 0.682. The van der Waals surface area contributed by atoms with Gasteiger partial charge in [-0.3, -0.25) is 4.99 Å². The van der Waals surface area contributed by atoms with Crippen LogP contribution in [-0.2, 0) is 6.42 Å². The van der Waals surface area contributed by atoms with Gasteiger partial charge < -0.3 is 5.73 Å². The number of rotatable bonds is 5. The molecule has 0 aliphatic heterocycles. The maximum absolute atomic E-state index is 5.23. The molecule has 2 nitrogen and oxygen atoms in total. The second-order valence-electron chi connectivity index (χ2n) is 5.70. The highest BCUT2D eigenvalue weighted by Crippen LogP contribution is 2.06. The van der Waals surface area contributed by atoms with Crippen LogP contribution >= 0.6 is 0 Å². The van der Waals surface area contributed by atoms with Crippen molar-refractivity contribution in [1.29, 1.82) is 0 Å². The van der Waals surface area contributed by atoms with Crippen molar-refractivity contribution in [3.8, 4) is 0 Å². The fraction of sp³-hybridized carbons (Fsp3) is 0.458. The average Bonchev–Trinajstić information content (AvgIpc) is 2.67. The average molecular weight is 359 g/mol. The van der Waals surface area contributed by atoms with Crippen LogP contribution in [0.1, 0.15) is 65.5 Å². The minimum absolute atomic E-state index is 0.682. The molecule has 2 N–H and O–H groups in total. The molecule has 0 aliphatic rings. The van der Waals surface area contributed by atoms with E-state index in [4.69, 9.17) is 5.73 Å². The zero-order chi connectivity index (χ0) is 20.8. The zero-order valence-electron chi connectivity index (χ0n) is 18.3. The van der Waals surface area contributed by atoms with Gasteiger partial charge in [-0.25, -0.2) is 0 Å². The summed E-state index contributed by atoms with van der Waals surface area (Å²) in [5, 5.41) is 0. The van der Waals surface area contributed by atoms with Crippen LogP contribution in [0, 0.1) is 6.92 Å². The molecule has 0 atom stereocenters. The first kappa shape index (κ1) is 28.7. The summed E-state index contributed by atoms with van der Waals surface area (Å²) in [6, 6.07) is 8.49. The highest BCUT2D eigenvalue weighted by molar-refractivity contribution is 5.77. The third kappa shape index (κ3) is 21.9. The van der Waals surface area contributed by atoms with E-state index in [2.05, 4.69) is 89.2 Å². The first-order chi connectivity index (χ1) is 12.4. The van der Waals surface area contributed by atoms with Gasteiger partial charge in [0.25, 0.3) is 0 Å². The number of hydrogen-bond donors (Lipinski definition) is 1. The number of nitrogens with zero attached hydrogens (tertiary/aromatic N) is 1. The highest BCUT2D eigenvalue weighted by atomic mass is 14.8. The quantitative estimate of drug-likeness (QED) is 0.260. The summed E-state index contributed by atoms with van der Waals surface area (Å²) in [6.07, 6.45) is 9.63. The van der Waals surface area contributed by atoms with E-state index in [9.17, 15) is 0 Å². The van der Waals surface area contributed by atoms with E-state index < -0.39 is 0 Å². The molecule has 148 valence electrons. The molecule has 0 aliphatic carbocycles. The van der Waals surface area contributed by atoms with Crippen molar-refractivity contribution in [2.75, 3.05) is 6.54 Å². The van der Waals surface area contributed by atoms with E-state index in [1.807, 2.05) is 13.0 Å². The summed E-state index contributed by atoms with van der Waals surface area (Å²) in [5.41, 5.74) is 9.52. The van der Waals surface area contributed by atoms with E-state index in [0.717, 1.165) is 25.8 Å². The molecule has 0 spiro atoms. The number of aliphatic imine (C=N–C) groups is 1. The number of amidine groups is 1. The smallest absolute Gasteiger partial charge is 0.0905 e. The van der Waals surface area contributed by atoms with Gasteiger partial charge in [0, 0.05) is 6.54 Å². The number of allylic oxidation sites excluding steroid dienone is 4. The van der Waals surface area contributed by atoms with Gasteiger partial charge in [0.1, 0.15) is 0 Å². The Kier molecular flexibility index (Phi) is 25.3. The second kappa shape index (κ2) is 22.9. The van der Waals surface area contributed by atoms with Gasteiger partial charge in [-0.15, -0.1) is 13.2 Å². The molecule has 0 fully saturated rings. The van der Waals surface area contributed by atoms with E-state index >= 15 is 0 Å². The number of hydrogen-bond acceptors (Lipinski definition) is 1. The van der Waals surface area contributed by atoms with Crippen molar-refractivity contribution in [2.45, 2.75) is 67.7 Å². The molecule has 0 unspecified atom stereocenters. The molecule has 1 aromatic carbocycles. The monoisotopic (exact) mass is 358 g/mol. The standard InChI is InChI=1S/C9H12.C8H14.C5H12N2.C2H4/c1-3-9-7-5-4-6-8(9)2;1-4-6-7-8(3)5-2;1-3-4-7-5(2)6;1-2/h4-7H,3H2,1-2H3;4,6-7H,5H2,1-3H3;3-4H2,1-2H3,(H2,6,7);1-2H2/b;6-4-,8-7+;;. The van der Waals surface area contributed by atoms with Crippen LogP contribution in [0.4, 0.5) is 0 Å². The van der Waals surface area contributed by atoms with Gasteiger partial charge in [0.05, 0.1) is 5.84 Å². The summed E-state index contributed by atoms with van der Waals surface area (Å²) in [4.78, 5) is 3.94. The molecule has 0 saturated carbocycles. The van der Waals surface area contributed by atoms with Crippen molar-refractivity contribution in [3.63, 3.8) is 0 Å². The lowest BCUT2D eigenvalue weighted by molar-refractivity contribution is 0.929. The van der Waals surface area contributed by atoms with E-state index in [1.165, 1.54) is 16.7 Å². The maximum atomic E-state index is 5.23. The van der Waals surface area contributed by atoms with Crippen molar-refractivity contribution >= 4 is 5.84 Å². The molecule has 1 rings (SSSR count). The van der Waals surface area contributed by atoms with Crippen LogP contribution in [-0.4, -0.2) is 12.4 Å². The van der Waals surface area contributed by atoms with Crippen LogP contribution in [0.25, 0.3) is 0 Å². The first-order valence-electron chi connectivity index (χ1n) is 9.52. The topological polar surface area (TPSA) is 38.4 Å². The Labute approximate surface area is 163 Å². The summed E-state index contributed by atoms with van der Waals surface area (Å²) >= 11 is 0. The van der Waals surface area contributed by atoms with E-state index in [1.54, 1.807) is 6.92 Å². The minimum Gasteiger partial charge on any atom is -0.388 e. The Morgan fingerprint density at radius 2 is 1.69 bits per heavy atom. The zero-order valence-corrected chi connectivity index (χ0v) is 18.3. The van der Waals surface area contributed by atoms with Crippen molar-refractivity contribution in [2.24, 2.45) is 10.7 Å². The summed E-state index contributed by atoms with van der Waals surface area (Å²) < 4.78 is 0. The third-order valence-electron chi connectivity index (χ3n) is 3.36. The fourth-order valence-electron chi connectivity index (χ4n) is 1.67. The molecule has 0 saturated heterocycles. The summed E-state index contributed by atoms with van der Waals surface area (Å²) in [7, 11) is 0. The van der Waals surface area contributed by atoms with Gasteiger partial charge >= 0.3 is 0 Å². The molecular formula is C24H42N2. The van der Waals surface area contributed by atoms with E-state index in [0.29, 0.717) is 5.84 Å². The fourth-order valence-corrected chi connectivity index (χ4v) is 1.67. The molecule has 0 radical (unpaired) electrons. The molecule has 0 bridgehead atoms. The second-order valence-corrected chi connectivity index (χ2v) is 5.70. The van der Waals surface area contributed by atoms with Crippen molar-refractivity contribution in [3.05, 3.63) is 72.4 Å². The Morgan fingerprint density at radius 3 is 2.00 bits per heavy atom. The van der Waals surface area contributed by atoms with Gasteiger partial charge in [-0.2, -0.15) is 0 Å². The normalized spacial score (nSPS) is 10.7. The molecule has 0 aromatic heterocycles. The van der Waals surface area contributed by atoms with E-state index in [-0.39, 0.29) is 0 Å². The van der Waals surface area contributed by atoms with Crippen LogP contribution < -0.4 is 5.73 Å². The van der Waals surface area contributed by atoms with Gasteiger partial charge in [-0.05, 0) is 58.1 Å². The Bertz CT molecular complexity index is 507. The predicted octanol–water partition coefficient (Wildman–Crippen LogP) is 7.05. The molecule has 0 amide bonds. The van der Waals surface area contributed by atoms with Crippen LogP contribution in [0.5, 0.6) is 0 Å². The van der Waals surface area contributed by atoms with Crippen LogP contribution in [0.3, 0.4) is 0 Å². The lowest BCUT2D eigenvalue weighted by Crippen LogP contribution is -2.05. The third-order valence-corrected chi connectivity index (χ3v) is 3.36. The molecular weight excluding hydrogens is 316 g/mol. The lowest BCUT2D eigenvalue weighted by atomic mass is 10.1. The lowest BCUT2D eigenvalue weighted by Gasteiger charge is -1.98. The summed E-state index contributed by atoms with van der Waals surface area (Å²) in [6.45, 7) is 21.4. The van der Waals surface area contributed by atoms with Crippen molar-refractivity contribution < 1.29 is 0 Å². The molecule has 2 heteroatoms. The van der Waals surface area contributed by atoms with Gasteiger partial charge in [0.2, 0.25) is 0 Å². The Balaban J connectivity index is -0.000000293. The first-order valence-corrected chi connectivity index (χ1v) is 9.52. The number of benzene rings is 1. The van der Waals surface area contributed by atoms with Gasteiger partial charge in [-0.1, -0.05) is 68.8 Å². The highest BCUT2D eigenvalue weighted by Gasteiger charge is 1.89. The van der Waals surface area contributed by atoms with Crippen molar-refractivity contribution in [1.82, 2.24) is 0 Å². The molecule has 26 heavy (non-hydrogen) atoms. The predicted molar refractivity (Wildman–Crippen MR) is 123 cm³/mol. The number of nitrogens with two attached hydrogens (primary N) is 1. The SMILES string of the molecule is C/C=C\C=C(/C)CC.C=C.CCCN=C(C)N.CCc1ccccc1C. The largest absolute Gasteiger partial charge is 0.388 e. The summed E-state index contributed by atoms with van der Waals surface area (Å²) in [5.74, 6) is 0.682. The maximum Gasteiger partial charge on any atom is 0.0905 e. The molecule has 1 aromatic rings. The van der Waals surface area contributed by atoms with Crippen LogP contribution in [0.15, 0.2) is 66.2 Å². The molecule has 0 heterocycles. The Morgan fingerprint density at radius 1 is 1.12 bits per heavy atom.